The first-order chi connectivity index (χ1) is 8.18. The van der Waals surface area contributed by atoms with Gasteiger partial charge in [0.15, 0.2) is 0 Å². The summed E-state index contributed by atoms with van der Waals surface area (Å²) in [5, 5.41) is 7.28. The van der Waals surface area contributed by atoms with Crippen molar-refractivity contribution in [3.8, 4) is 0 Å². The van der Waals surface area contributed by atoms with E-state index in [1.807, 2.05) is 18.2 Å². The number of aryl methyl sites for hydroxylation is 2. The largest absolute Gasteiger partial charge is 0.383 e. The standard InChI is InChI=1S/C12H16N4O/c1-10-5-3-4-6-11(10)13-7-8-16-12(17)15(2)9-14-16/h3-6,9,13H,7-8H2,1-2H3. The van der Waals surface area contributed by atoms with Crippen LogP contribution in [-0.2, 0) is 13.6 Å². The van der Waals surface area contributed by atoms with Crippen molar-refractivity contribution in [1.29, 1.82) is 0 Å². The number of benzene rings is 1. The summed E-state index contributed by atoms with van der Waals surface area (Å²) in [6, 6.07) is 8.07. The second kappa shape index (κ2) is 4.86. The van der Waals surface area contributed by atoms with Crippen molar-refractivity contribution in [3.05, 3.63) is 46.6 Å². The van der Waals surface area contributed by atoms with Crippen molar-refractivity contribution < 1.29 is 0 Å². The van der Waals surface area contributed by atoms with Gasteiger partial charge in [-0.2, -0.15) is 5.10 Å². The quantitative estimate of drug-likeness (QED) is 0.855. The lowest BCUT2D eigenvalue weighted by Crippen LogP contribution is -2.26. The van der Waals surface area contributed by atoms with Crippen LogP contribution in [0.25, 0.3) is 0 Å². The van der Waals surface area contributed by atoms with Gasteiger partial charge in [-0.15, -0.1) is 0 Å². The minimum atomic E-state index is -0.0865. The molecule has 0 radical (unpaired) electrons. The molecular formula is C12H16N4O. The van der Waals surface area contributed by atoms with Gasteiger partial charge < -0.3 is 5.32 Å². The first kappa shape index (κ1) is 11.4. The lowest BCUT2D eigenvalue weighted by atomic mass is 10.2. The third-order valence-electron chi connectivity index (χ3n) is 2.67. The predicted molar refractivity (Wildman–Crippen MR) is 67.1 cm³/mol. The summed E-state index contributed by atoms with van der Waals surface area (Å²) in [5.41, 5.74) is 2.20. The highest BCUT2D eigenvalue weighted by atomic mass is 16.2. The Hall–Kier alpha value is -2.04. The van der Waals surface area contributed by atoms with Crippen molar-refractivity contribution >= 4 is 5.69 Å². The Kier molecular flexibility index (Phi) is 3.27. The number of rotatable bonds is 4. The van der Waals surface area contributed by atoms with Crippen molar-refractivity contribution in [2.45, 2.75) is 13.5 Å². The molecule has 1 aromatic heterocycles. The van der Waals surface area contributed by atoms with Crippen molar-refractivity contribution in [2.24, 2.45) is 7.05 Å². The third-order valence-corrected chi connectivity index (χ3v) is 2.67. The molecule has 0 saturated heterocycles. The molecule has 1 heterocycles. The second-order valence-corrected chi connectivity index (χ2v) is 3.99. The number of hydrogen-bond acceptors (Lipinski definition) is 3. The highest BCUT2D eigenvalue weighted by molar-refractivity contribution is 5.49. The van der Waals surface area contributed by atoms with Crippen LogP contribution < -0.4 is 11.0 Å². The molecule has 17 heavy (non-hydrogen) atoms. The molecule has 0 saturated carbocycles. The van der Waals surface area contributed by atoms with Gasteiger partial charge in [0, 0.05) is 19.3 Å². The molecule has 1 N–H and O–H groups in total. The fourth-order valence-electron chi connectivity index (χ4n) is 1.64. The Morgan fingerprint density at radius 1 is 1.35 bits per heavy atom. The first-order valence-electron chi connectivity index (χ1n) is 5.56. The van der Waals surface area contributed by atoms with E-state index in [2.05, 4.69) is 23.4 Å². The summed E-state index contributed by atoms with van der Waals surface area (Å²) in [5.74, 6) is 0. The molecule has 0 spiro atoms. The molecule has 0 atom stereocenters. The summed E-state index contributed by atoms with van der Waals surface area (Å²) in [4.78, 5) is 11.5. The monoisotopic (exact) mass is 232 g/mol. The first-order valence-corrected chi connectivity index (χ1v) is 5.56. The molecule has 2 rings (SSSR count). The fourth-order valence-corrected chi connectivity index (χ4v) is 1.64. The molecular weight excluding hydrogens is 216 g/mol. The molecule has 0 aliphatic carbocycles. The van der Waals surface area contributed by atoms with Crippen LogP contribution in [0.1, 0.15) is 5.56 Å². The van der Waals surface area contributed by atoms with Gasteiger partial charge in [-0.25, -0.2) is 9.48 Å². The SMILES string of the molecule is Cc1ccccc1NCCn1ncn(C)c1=O. The van der Waals surface area contributed by atoms with E-state index in [-0.39, 0.29) is 5.69 Å². The lowest BCUT2D eigenvalue weighted by Gasteiger charge is -2.08. The van der Waals surface area contributed by atoms with E-state index < -0.39 is 0 Å². The molecule has 2 aromatic rings. The Morgan fingerprint density at radius 3 is 2.76 bits per heavy atom. The van der Waals surface area contributed by atoms with Crippen molar-refractivity contribution in [2.75, 3.05) is 11.9 Å². The topological polar surface area (TPSA) is 51.9 Å². The maximum atomic E-state index is 11.5. The maximum Gasteiger partial charge on any atom is 0.345 e. The van der Waals surface area contributed by atoms with Crippen LogP contribution in [0.3, 0.4) is 0 Å². The Labute approximate surface area is 99.7 Å². The van der Waals surface area contributed by atoms with Crippen LogP contribution in [0.2, 0.25) is 0 Å². The van der Waals surface area contributed by atoms with E-state index in [0.29, 0.717) is 13.1 Å². The molecule has 0 amide bonds. The highest BCUT2D eigenvalue weighted by Crippen LogP contribution is 2.12. The van der Waals surface area contributed by atoms with Crippen LogP contribution in [0.4, 0.5) is 5.69 Å². The van der Waals surface area contributed by atoms with Gasteiger partial charge >= 0.3 is 5.69 Å². The Morgan fingerprint density at radius 2 is 2.12 bits per heavy atom. The molecule has 0 unspecified atom stereocenters. The number of nitrogens with one attached hydrogen (secondary N) is 1. The van der Waals surface area contributed by atoms with E-state index in [9.17, 15) is 4.79 Å². The van der Waals surface area contributed by atoms with Crippen LogP contribution in [0, 0.1) is 6.92 Å². The average Bonchev–Trinajstić information content (AvgIpc) is 2.63. The molecule has 5 nitrogen and oxygen atoms in total. The average molecular weight is 232 g/mol. The van der Waals surface area contributed by atoms with Gasteiger partial charge in [-0.3, -0.25) is 4.57 Å². The minimum Gasteiger partial charge on any atom is -0.383 e. The summed E-state index contributed by atoms with van der Waals surface area (Å²) >= 11 is 0. The van der Waals surface area contributed by atoms with E-state index in [4.69, 9.17) is 0 Å². The molecule has 0 aliphatic rings. The zero-order valence-electron chi connectivity index (χ0n) is 10.1. The molecule has 1 aromatic carbocycles. The fraction of sp³-hybridized carbons (Fsp3) is 0.333. The van der Waals surface area contributed by atoms with Crippen LogP contribution in [0.15, 0.2) is 35.4 Å². The summed E-state index contributed by atoms with van der Waals surface area (Å²) in [6.07, 6.45) is 1.52. The van der Waals surface area contributed by atoms with Crippen molar-refractivity contribution in [1.82, 2.24) is 14.3 Å². The maximum absolute atomic E-state index is 11.5. The number of anilines is 1. The summed E-state index contributed by atoms with van der Waals surface area (Å²) in [7, 11) is 1.70. The molecule has 0 bridgehead atoms. The highest BCUT2D eigenvalue weighted by Gasteiger charge is 2.01. The normalized spacial score (nSPS) is 10.5. The molecule has 5 heteroatoms. The number of para-hydroxylation sites is 1. The van der Waals surface area contributed by atoms with Gasteiger partial charge in [0.2, 0.25) is 0 Å². The number of aromatic nitrogens is 3. The summed E-state index contributed by atoms with van der Waals surface area (Å²) in [6.45, 7) is 3.30. The van der Waals surface area contributed by atoms with E-state index in [1.54, 1.807) is 7.05 Å². The van der Waals surface area contributed by atoms with E-state index in [0.717, 1.165) is 5.69 Å². The zero-order chi connectivity index (χ0) is 12.3. The smallest absolute Gasteiger partial charge is 0.345 e. The van der Waals surface area contributed by atoms with Gasteiger partial charge in [-0.05, 0) is 18.6 Å². The summed E-state index contributed by atoms with van der Waals surface area (Å²) < 4.78 is 2.92. The second-order valence-electron chi connectivity index (χ2n) is 3.99. The lowest BCUT2D eigenvalue weighted by molar-refractivity contribution is 0.605. The van der Waals surface area contributed by atoms with Crippen LogP contribution in [0.5, 0.6) is 0 Å². The number of nitrogens with zero attached hydrogens (tertiary/aromatic N) is 3. The van der Waals surface area contributed by atoms with Gasteiger partial charge in [0.05, 0.1) is 6.54 Å². The van der Waals surface area contributed by atoms with E-state index >= 15 is 0 Å². The number of hydrogen-bond donors (Lipinski definition) is 1. The predicted octanol–water partition coefficient (Wildman–Crippen LogP) is 1.00. The van der Waals surface area contributed by atoms with Gasteiger partial charge in [-0.1, -0.05) is 18.2 Å². The molecule has 0 fully saturated rings. The van der Waals surface area contributed by atoms with Crippen LogP contribution in [-0.4, -0.2) is 20.9 Å². The zero-order valence-corrected chi connectivity index (χ0v) is 10.1. The van der Waals surface area contributed by atoms with Crippen molar-refractivity contribution in [3.63, 3.8) is 0 Å². The Bertz CT molecular complexity index is 556. The minimum absolute atomic E-state index is 0.0865. The molecule has 90 valence electrons. The molecule has 0 aliphatic heterocycles. The van der Waals surface area contributed by atoms with Crippen LogP contribution >= 0.6 is 0 Å². The van der Waals surface area contributed by atoms with Gasteiger partial charge in [0.25, 0.3) is 0 Å². The third kappa shape index (κ3) is 2.55. The van der Waals surface area contributed by atoms with Gasteiger partial charge in [0.1, 0.15) is 6.33 Å². The Balaban J connectivity index is 1.95. The van der Waals surface area contributed by atoms with E-state index in [1.165, 1.54) is 21.1 Å².